The first-order valence-corrected chi connectivity index (χ1v) is 5.72. The summed E-state index contributed by atoms with van der Waals surface area (Å²) in [7, 11) is 2.88. The zero-order valence-corrected chi connectivity index (χ0v) is 10.1. The highest BCUT2D eigenvalue weighted by Gasteiger charge is 2.08. The van der Waals surface area contributed by atoms with Crippen LogP contribution in [0.1, 0.15) is 47.0 Å². The minimum Gasteiger partial charge on any atom is -0.135 e. The van der Waals surface area contributed by atoms with Gasteiger partial charge in [-0.25, -0.2) is 0 Å². The van der Waals surface area contributed by atoms with Gasteiger partial charge in [0.2, 0.25) is 0 Å². The number of rotatable bonds is 5. The zero-order valence-electron chi connectivity index (χ0n) is 8.93. The van der Waals surface area contributed by atoms with Crippen molar-refractivity contribution in [3.8, 4) is 0 Å². The van der Waals surface area contributed by atoms with Crippen molar-refractivity contribution in [1.29, 1.82) is 0 Å². The summed E-state index contributed by atoms with van der Waals surface area (Å²) >= 11 is 0. The number of hydrogen-bond acceptors (Lipinski definition) is 0. The van der Waals surface area contributed by atoms with Gasteiger partial charge in [0, 0.05) is 0 Å². The van der Waals surface area contributed by atoms with Gasteiger partial charge in [-0.15, -0.1) is 9.24 Å². The second kappa shape index (κ2) is 6.66. The maximum absolute atomic E-state index is 2.88. The van der Waals surface area contributed by atoms with Crippen LogP contribution in [0.4, 0.5) is 0 Å². The van der Waals surface area contributed by atoms with Crippen LogP contribution in [0.3, 0.4) is 0 Å². The molecule has 0 spiro atoms. The first-order valence-electron chi connectivity index (χ1n) is 5.06. The third-order valence-electron chi connectivity index (χ3n) is 2.23. The normalized spacial score (nSPS) is 17.6. The Bertz CT molecular complexity index is 136. The predicted molar refractivity (Wildman–Crippen MR) is 61.6 cm³/mol. The van der Waals surface area contributed by atoms with Crippen molar-refractivity contribution in [3.63, 3.8) is 0 Å². The van der Waals surface area contributed by atoms with E-state index in [4.69, 9.17) is 0 Å². The van der Waals surface area contributed by atoms with E-state index in [1.165, 1.54) is 19.3 Å². The van der Waals surface area contributed by atoms with Gasteiger partial charge in [0.25, 0.3) is 0 Å². The van der Waals surface area contributed by atoms with Gasteiger partial charge in [-0.2, -0.15) is 0 Å². The molecule has 0 saturated heterocycles. The maximum atomic E-state index is 2.88. The van der Waals surface area contributed by atoms with Crippen molar-refractivity contribution in [3.05, 3.63) is 11.6 Å². The largest absolute Gasteiger partial charge is 0.135 e. The Hall–Kier alpha value is 0.170. The lowest BCUT2D eigenvalue weighted by Crippen LogP contribution is -2.04. The van der Waals surface area contributed by atoms with E-state index in [-0.39, 0.29) is 0 Å². The monoisotopic (exact) mass is 186 g/mol. The molecule has 3 unspecified atom stereocenters. The van der Waals surface area contributed by atoms with Gasteiger partial charge in [-0.1, -0.05) is 39.3 Å². The lowest BCUT2D eigenvalue weighted by Gasteiger charge is -2.16. The van der Waals surface area contributed by atoms with E-state index in [0.29, 0.717) is 0 Å². The first kappa shape index (κ1) is 12.2. The zero-order chi connectivity index (χ0) is 9.56. The van der Waals surface area contributed by atoms with Crippen LogP contribution in [-0.2, 0) is 0 Å². The molecule has 0 rings (SSSR count). The van der Waals surface area contributed by atoms with Gasteiger partial charge >= 0.3 is 0 Å². The number of hydrogen-bond donors (Lipinski definition) is 0. The quantitative estimate of drug-likeness (QED) is 0.449. The van der Waals surface area contributed by atoms with Crippen molar-refractivity contribution < 1.29 is 0 Å². The van der Waals surface area contributed by atoms with Gasteiger partial charge in [-0.3, -0.25) is 0 Å². The summed E-state index contributed by atoms with van der Waals surface area (Å²) in [6, 6.07) is 0. The highest BCUT2D eigenvalue weighted by molar-refractivity contribution is 7.17. The van der Waals surface area contributed by atoms with Crippen molar-refractivity contribution >= 4 is 9.24 Å². The Morgan fingerprint density at radius 1 is 1.33 bits per heavy atom. The van der Waals surface area contributed by atoms with E-state index < -0.39 is 0 Å². The molecule has 0 aliphatic rings. The summed E-state index contributed by atoms with van der Waals surface area (Å²) in [6.45, 7) is 9.07. The molecule has 0 saturated carbocycles. The molecule has 0 heterocycles. The Morgan fingerprint density at radius 3 is 2.25 bits per heavy atom. The molecule has 0 bridgehead atoms. The third-order valence-corrected chi connectivity index (χ3v) is 2.51. The van der Waals surface area contributed by atoms with E-state index in [1.807, 2.05) is 0 Å². The van der Waals surface area contributed by atoms with Gasteiger partial charge in [0.1, 0.15) is 0 Å². The van der Waals surface area contributed by atoms with E-state index in [2.05, 4.69) is 43.0 Å². The fraction of sp³-hybridized carbons (Fsp3) is 0.818. The van der Waals surface area contributed by atoms with Crippen molar-refractivity contribution in [1.82, 2.24) is 0 Å². The molecule has 0 radical (unpaired) electrons. The number of allylic oxidation sites excluding steroid dienone is 2. The summed E-state index contributed by atoms with van der Waals surface area (Å²) in [4.78, 5) is 0. The molecule has 0 aliphatic carbocycles. The summed E-state index contributed by atoms with van der Waals surface area (Å²) in [5.41, 5.74) is 2.37. The second-order valence-corrected chi connectivity index (χ2v) is 4.79. The van der Waals surface area contributed by atoms with Gasteiger partial charge in [-0.05, 0) is 30.8 Å². The topological polar surface area (TPSA) is 0 Å². The fourth-order valence-electron chi connectivity index (χ4n) is 1.67. The van der Waals surface area contributed by atoms with Crippen molar-refractivity contribution in [2.75, 3.05) is 0 Å². The van der Waals surface area contributed by atoms with E-state index in [0.717, 1.165) is 11.6 Å². The minimum atomic E-state index is 0.742. The molecular formula is C11H23P. The Morgan fingerprint density at radius 2 is 1.92 bits per heavy atom. The molecule has 0 aromatic heterocycles. The molecule has 1 heteroatoms. The summed E-state index contributed by atoms with van der Waals surface area (Å²) in [6.07, 6.45) is 6.08. The molecule has 0 N–H and O–H groups in total. The summed E-state index contributed by atoms with van der Waals surface area (Å²) in [5, 5.41) is 0. The highest BCUT2D eigenvalue weighted by atomic mass is 31.0. The van der Waals surface area contributed by atoms with E-state index >= 15 is 0 Å². The predicted octanol–water partition coefficient (Wildman–Crippen LogP) is 4.02. The van der Waals surface area contributed by atoms with Crippen LogP contribution >= 0.6 is 9.24 Å². The first-order chi connectivity index (χ1) is 5.61. The fourth-order valence-corrected chi connectivity index (χ4v) is 2.07. The van der Waals surface area contributed by atoms with Crippen molar-refractivity contribution in [2.24, 2.45) is 5.92 Å². The standard InChI is InChI=1S/C11H23P/c1-5-7-11(6-2)9(3)8-10(4)12/h7,9-10H,5-6,8,12H2,1-4H3/b11-7+. The van der Waals surface area contributed by atoms with Crippen molar-refractivity contribution in [2.45, 2.75) is 52.6 Å². The summed E-state index contributed by atoms with van der Waals surface area (Å²) in [5.74, 6) is 0.766. The summed E-state index contributed by atoms with van der Waals surface area (Å²) < 4.78 is 0. The maximum Gasteiger partial charge on any atom is -0.0226 e. The van der Waals surface area contributed by atoms with E-state index in [1.54, 1.807) is 5.57 Å². The van der Waals surface area contributed by atoms with Crippen LogP contribution in [0.2, 0.25) is 0 Å². The Kier molecular flexibility index (Phi) is 6.76. The van der Waals surface area contributed by atoms with Gasteiger partial charge in [0.05, 0.1) is 0 Å². The van der Waals surface area contributed by atoms with Crippen LogP contribution in [0.15, 0.2) is 11.6 Å². The Balaban J connectivity index is 4.03. The SMILES string of the molecule is CC/C=C(\CC)C(C)CC(C)P. The van der Waals surface area contributed by atoms with Crippen LogP contribution in [0, 0.1) is 5.92 Å². The van der Waals surface area contributed by atoms with Crippen LogP contribution in [0.5, 0.6) is 0 Å². The molecule has 0 aliphatic heterocycles. The molecule has 0 nitrogen and oxygen atoms in total. The smallest absolute Gasteiger partial charge is 0.0226 e. The average Bonchev–Trinajstić information content (AvgIpc) is 1.98. The van der Waals surface area contributed by atoms with Crippen LogP contribution in [-0.4, -0.2) is 5.66 Å². The lowest BCUT2D eigenvalue weighted by molar-refractivity contribution is 0.591. The third kappa shape index (κ3) is 4.93. The minimum absolute atomic E-state index is 0.742. The molecule has 0 fully saturated rings. The molecule has 72 valence electrons. The van der Waals surface area contributed by atoms with E-state index in [9.17, 15) is 0 Å². The molecule has 12 heavy (non-hydrogen) atoms. The highest BCUT2D eigenvalue weighted by Crippen LogP contribution is 2.22. The molecule has 0 aromatic rings. The van der Waals surface area contributed by atoms with Gasteiger partial charge in [0.15, 0.2) is 0 Å². The van der Waals surface area contributed by atoms with Crippen LogP contribution < -0.4 is 0 Å². The average molecular weight is 186 g/mol. The molecule has 0 amide bonds. The molecular weight excluding hydrogens is 163 g/mol. The molecule has 3 atom stereocenters. The molecule has 0 aromatic carbocycles. The Labute approximate surface area is 80.0 Å². The second-order valence-electron chi connectivity index (χ2n) is 3.65. The van der Waals surface area contributed by atoms with Gasteiger partial charge < -0.3 is 0 Å². The van der Waals surface area contributed by atoms with Crippen LogP contribution in [0.25, 0.3) is 0 Å². The lowest BCUT2D eigenvalue weighted by atomic mass is 9.93.